The van der Waals surface area contributed by atoms with E-state index in [1.54, 1.807) is 50.4 Å². The van der Waals surface area contributed by atoms with E-state index in [9.17, 15) is 13.2 Å². The summed E-state index contributed by atoms with van der Waals surface area (Å²) in [7, 11) is -2.00. The molecule has 0 atom stereocenters. The maximum Gasteiger partial charge on any atom is 0.255 e. The van der Waals surface area contributed by atoms with Crippen LogP contribution in [-0.2, 0) is 14.8 Å². The fourth-order valence-electron chi connectivity index (χ4n) is 3.34. The van der Waals surface area contributed by atoms with Gasteiger partial charge < -0.3 is 14.8 Å². The Bertz CT molecular complexity index is 968. The van der Waals surface area contributed by atoms with Crippen LogP contribution in [0.5, 0.6) is 5.75 Å². The Morgan fingerprint density at radius 3 is 2.40 bits per heavy atom. The maximum absolute atomic E-state index is 13.1. The van der Waals surface area contributed by atoms with Crippen LogP contribution in [0.15, 0.2) is 47.4 Å². The second kappa shape index (κ2) is 10.1. The summed E-state index contributed by atoms with van der Waals surface area (Å²) in [6.45, 7) is 3.74. The van der Waals surface area contributed by atoms with Crippen molar-refractivity contribution in [2.75, 3.05) is 38.7 Å². The molecule has 30 heavy (non-hydrogen) atoms. The summed E-state index contributed by atoms with van der Waals surface area (Å²) >= 11 is 0. The third kappa shape index (κ3) is 5.38. The smallest absolute Gasteiger partial charge is 0.255 e. The zero-order valence-corrected chi connectivity index (χ0v) is 18.2. The highest BCUT2D eigenvalue weighted by atomic mass is 32.2. The molecule has 0 aliphatic carbocycles. The number of nitrogens with one attached hydrogen (secondary N) is 1. The first kappa shape index (κ1) is 22.3. The van der Waals surface area contributed by atoms with Crippen LogP contribution in [0.25, 0.3) is 0 Å². The van der Waals surface area contributed by atoms with E-state index < -0.39 is 10.0 Å². The molecule has 0 radical (unpaired) electrons. The molecule has 0 aromatic heterocycles. The second-order valence-corrected chi connectivity index (χ2v) is 9.17. The van der Waals surface area contributed by atoms with Gasteiger partial charge in [0.1, 0.15) is 12.4 Å². The van der Waals surface area contributed by atoms with Gasteiger partial charge in [-0.2, -0.15) is 4.31 Å². The minimum atomic E-state index is -3.61. The van der Waals surface area contributed by atoms with Crippen LogP contribution in [0, 0.1) is 6.92 Å². The lowest BCUT2D eigenvalue weighted by atomic mass is 10.1. The van der Waals surface area contributed by atoms with Gasteiger partial charge in [0.2, 0.25) is 10.0 Å². The number of carbonyl (C=O) groups is 1. The largest absolute Gasteiger partial charge is 0.491 e. The number of carbonyl (C=O) groups excluding carboxylic acids is 1. The van der Waals surface area contributed by atoms with Crippen LogP contribution >= 0.6 is 0 Å². The number of nitrogens with zero attached hydrogens (tertiary/aromatic N) is 1. The quantitative estimate of drug-likeness (QED) is 0.646. The van der Waals surface area contributed by atoms with Crippen molar-refractivity contribution in [2.45, 2.75) is 31.1 Å². The predicted octanol–water partition coefficient (Wildman–Crippen LogP) is 3.45. The number of hydrogen-bond acceptors (Lipinski definition) is 5. The number of hydrogen-bond donors (Lipinski definition) is 1. The van der Waals surface area contributed by atoms with Gasteiger partial charge in [0.05, 0.1) is 11.5 Å². The van der Waals surface area contributed by atoms with E-state index in [1.807, 2.05) is 0 Å². The van der Waals surface area contributed by atoms with E-state index >= 15 is 0 Å². The Hall–Kier alpha value is -2.42. The fourth-order valence-corrected chi connectivity index (χ4v) is 5.11. The number of sulfonamides is 1. The molecular weight excluding hydrogens is 404 g/mol. The number of methoxy groups -OCH3 is 1. The first-order chi connectivity index (χ1) is 14.4. The van der Waals surface area contributed by atoms with Crippen molar-refractivity contribution >= 4 is 21.6 Å². The zero-order chi connectivity index (χ0) is 21.6. The molecule has 8 heteroatoms. The first-order valence-electron chi connectivity index (χ1n) is 10.1. The number of piperidine rings is 1. The van der Waals surface area contributed by atoms with Gasteiger partial charge in [0.25, 0.3) is 5.91 Å². The van der Waals surface area contributed by atoms with Crippen molar-refractivity contribution in [3.05, 3.63) is 53.6 Å². The normalized spacial score (nSPS) is 15.0. The molecule has 1 aliphatic heterocycles. The van der Waals surface area contributed by atoms with E-state index in [-0.39, 0.29) is 10.8 Å². The van der Waals surface area contributed by atoms with Gasteiger partial charge >= 0.3 is 0 Å². The van der Waals surface area contributed by atoms with Gasteiger partial charge in [0, 0.05) is 31.5 Å². The number of rotatable bonds is 8. The fraction of sp³-hybridized carbons (Fsp3) is 0.409. The van der Waals surface area contributed by atoms with Crippen LogP contribution in [0.2, 0.25) is 0 Å². The Morgan fingerprint density at radius 2 is 1.73 bits per heavy atom. The number of aryl methyl sites for hydroxylation is 1. The third-order valence-electron chi connectivity index (χ3n) is 5.05. The number of ether oxygens (including phenoxy) is 2. The molecule has 1 saturated heterocycles. The Kier molecular flexibility index (Phi) is 7.47. The van der Waals surface area contributed by atoms with Crippen LogP contribution < -0.4 is 10.1 Å². The van der Waals surface area contributed by atoms with Crippen molar-refractivity contribution in [2.24, 2.45) is 0 Å². The first-order valence-corrected chi connectivity index (χ1v) is 11.5. The highest BCUT2D eigenvalue weighted by Crippen LogP contribution is 2.25. The number of amides is 1. The van der Waals surface area contributed by atoms with Gasteiger partial charge in [-0.15, -0.1) is 0 Å². The molecule has 7 nitrogen and oxygen atoms in total. The molecule has 1 fully saturated rings. The van der Waals surface area contributed by atoms with Crippen molar-refractivity contribution in [3.8, 4) is 5.75 Å². The number of anilines is 1. The van der Waals surface area contributed by atoms with Gasteiger partial charge in [0.15, 0.2) is 0 Å². The summed E-state index contributed by atoms with van der Waals surface area (Å²) < 4.78 is 38.1. The van der Waals surface area contributed by atoms with Crippen LogP contribution in [0.3, 0.4) is 0 Å². The standard InChI is InChI=1S/C22H28N2O5S/c1-17-6-7-18(16-21(17)30(26,27)24-12-4-3-5-13-24)22(25)23-19-8-10-20(11-9-19)29-15-14-28-2/h6-11,16H,3-5,12-15H2,1-2H3,(H,23,25). The highest BCUT2D eigenvalue weighted by molar-refractivity contribution is 7.89. The minimum Gasteiger partial charge on any atom is -0.491 e. The van der Waals surface area contributed by atoms with E-state index in [1.165, 1.54) is 10.4 Å². The van der Waals surface area contributed by atoms with Gasteiger partial charge in [-0.25, -0.2) is 8.42 Å². The Morgan fingerprint density at radius 1 is 1.03 bits per heavy atom. The van der Waals surface area contributed by atoms with Crippen molar-refractivity contribution in [1.82, 2.24) is 4.31 Å². The van der Waals surface area contributed by atoms with Gasteiger partial charge in [-0.3, -0.25) is 4.79 Å². The summed E-state index contributed by atoms with van der Waals surface area (Å²) in [6, 6.07) is 11.8. The average Bonchev–Trinajstić information content (AvgIpc) is 2.76. The van der Waals surface area contributed by atoms with Crippen molar-refractivity contribution in [1.29, 1.82) is 0 Å². The van der Waals surface area contributed by atoms with Gasteiger partial charge in [-0.1, -0.05) is 12.5 Å². The molecule has 0 bridgehead atoms. The molecule has 3 rings (SSSR count). The molecule has 2 aromatic carbocycles. The lowest BCUT2D eigenvalue weighted by Crippen LogP contribution is -2.36. The minimum absolute atomic E-state index is 0.193. The molecule has 1 heterocycles. The van der Waals surface area contributed by atoms with Crippen LogP contribution in [0.4, 0.5) is 5.69 Å². The lowest BCUT2D eigenvalue weighted by Gasteiger charge is -2.26. The molecule has 0 spiro atoms. The van der Waals surface area contributed by atoms with E-state index in [0.717, 1.165) is 19.3 Å². The third-order valence-corrected chi connectivity index (χ3v) is 7.09. The number of benzene rings is 2. The van der Waals surface area contributed by atoms with Crippen LogP contribution in [-0.4, -0.2) is 52.0 Å². The van der Waals surface area contributed by atoms with Crippen LogP contribution in [0.1, 0.15) is 35.2 Å². The molecule has 0 saturated carbocycles. The molecule has 2 aromatic rings. The van der Waals surface area contributed by atoms with Gasteiger partial charge in [-0.05, 0) is 61.7 Å². The molecule has 1 amide bonds. The SMILES string of the molecule is COCCOc1ccc(NC(=O)c2ccc(C)c(S(=O)(=O)N3CCCCC3)c2)cc1. The molecule has 162 valence electrons. The highest BCUT2D eigenvalue weighted by Gasteiger charge is 2.28. The molecule has 1 N–H and O–H groups in total. The Labute approximate surface area is 178 Å². The zero-order valence-electron chi connectivity index (χ0n) is 17.4. The average molecular weight is 433 g/mol. The summed E-state index contributed by atoms with van der Waals surface area (Å²) in [5, 5.41) is 2.80. The lowest BCUT2D eigenvalue weighted by molar-refractivity contribution is 0.102. The summed E-state index contributed by atoms with van der Waals surface area (Å²) in [5.74, 6) is 0.313. The van der Waals surface area contributed by atoms with E-state index in [2.05, 4.69) is 5.32 Å². The second-order valence-electron chi connectivity index (χ2n) is 7.26. The topological polar surface area (TPSA) is 84.9 Å². The van der Waals surface area contributed by atoms with E-state index in [0.29, 0.717) is 48.9 Å². The monoisotopic (exact) mass is 432 g/mol. The maximum atomic E-state index is 13.1. The summed E-state index contributed by atoms with van der Waals surface area (Å²) in [6.07, 6.45) is 2.77. The molecular formula is C22H28N2O5S. The summed E-state index contributed by atoms with van der Waals surface area (Å²) in [4.78, 5) is 12.9. The summed E-state index contributed by atoms with van der Waals surface area (Å²) in [5.41, 5.74) is 1.53. The van der Waals surface area contributed by atoms with E-state index in [4.69, 9.17) is 9.47 Å². The molecule has 0 unspecified atom stereocenters. The van der Waals surface area contributed by atoms with Crippen molar-refractivity contribution < 1.29 is 22.7 Å². The molecule has 1 aliphatic rings. The Balaban J connectivity index is 1.73. The predicted molar refractivity (Wildman–Crippen MR) is 116 cm³/mol. The van der Waals surface area contributed by atoms with Crippen molar-refractivity contribution in [3.63, 3.8) is 0 Å².